The number of esters is 1. The molecule has 3 aromatic rings. The molecule has 0 atom stereocenters. The highest BCUT2D eigenvalue weighted by Gasteiger charge is 2.22. The molecule has 0 saturated heterocycles. The van der Waals surface area contributed by atoms with Gasteiger partial charge in [0.15, 0.2) is 11.5 Å². The number of carbonyl (C=O) groups is 2. The van der Waals surface area contributed by atoms with Crippen molar-refractivity contribution in [1.82, 2.24) is 9.78 Å². The summed E-state index contributed by atoms with van der Waals surface area (Å²) in [6.45, 7) is 1.91. The second-order valence-corrected chi connectivity index (χ2v) is 6.75. The van der Waals surface area contributed by atoms with Gasteiger partial charge in [0.1, 0.15) is 5.82 Å². The molecule has 0 bridgehead atoms. The van der Waals surface area contributed by atoms with Gasteiger partial charge in [0.05, 0.1) is 23.6 Å². The van der Waals surface area contributed by atoms with E-state index in [-0.39, 0.29) is 23.4 Å². The van der Waals surface area contributed by atoms with E-state index in [2.05, 4.69) is 21.0 Å². The van der Waals surface area contributed by atoms with Crippen LogP contribution in [0.5, 0.6) is 0 Å². The molecule has 0 aliphatic carbocycles. The fourth-order valence-corrected chi connectivity index (χ4v) is 3.27. The lowest BCUT2D eigenvalue weighted by atomic mass is 10.0. The van der Waals surface area contributed by atoms with Crippen LogP contribution in [0.3, 0.4) is 0 Å². The molecule has 0 radical (unpaired) electrons. The van der Waals surface area contributed by atoms with Crippen molar-refractivity contribution < 1.29 is 18.7 Å². The second-order valence-electron chi connectivity index (χ2n) is 5.76. The van der Waals surface area contributed by atoms with Gasteiger partial charge < -0.3 is 4.74 Å². The molecule has 0 amide bonds. The molecule has 28 heavy (non-hydrogen) atoms. The SMILES string of the molecule is CCOC(=O)c1cc(CBr)n(-c2ccc(Cl)cc2C(=O)c2ccccc2F)n1. The van der Waals surface area contributed by atoms with Crippen LogP contribution < -0.4 is 0 Å². The standard InChI is InChI=1S/C20H15BrClFN2O3/c1-2-28-20(27)17-10-13(11-21)25(24-17)18-8-7-12(22)9-15(18)19(26)14-5-3-4-6-16(14)23/h3-10H,2,11H2,1H3. The summed E-state index contributed by atoms with van der Waals surface area (Å²) in [5.74, 6) is -1.74. The minimum Gasteiger partial charge on any atom is -0.461 e. The van der Waals surface area contributed by atoms with E-state index in [9.17, 15) is 14.0 Å². The largest absolute Gasteiger partial charge is 0.461 e. The Kier molecular flexibility index (Phi) is 6.26. The van der Waals surface area contributed by atoms with Crippen LogP contribution in [0.2, 0.25) is 5.02 Å². The first-order chi connectivity index (χ1) is 13.5. The van der Waals surface area contributed by atoms with Gasteiger partial charge in [-0.3, -0.25) is 4.79 Å². The number of ether oxygens (including phenoxy) is 1. The molecule has 0 spiro atoms. The van der Waals surface area contributed by atoms with Crippen LogP contribution in [0.1, 0.15) is 39.0 Å². The van der Waals surface area contributed by atoms with Crippen LogP contribution in [0.25, 0.3) is 5.69 Å². The number of halogens is 3. The summed E-state index contributed by atoms with van der Waals surface area (Å²) < 4.78 is 20.6. The molecule has 144 valence electrons. The Morgan fingerprint density at radius 2 is 1.93 bits per heavy atom. The Bertz CT molecular complexity index is 1050. The van der Waals surface area contributed by atoms with Crippen molar-refractivity contribution in [3.63, 3.8) is 0 Å². The van der Waals surface area contributed by atoms with Gasteiger partial charge in [-0.15, -0.1) is 0 Å². The third kappa shape index (κ3) is 4.00. The van der Waals surface area contributed by atoms with Crippen molar-refractivity contribution in [2.75, 3.05) is 6.61 Å². The fourth-order valence-electron chi connectivity index (χ4n) is 2.69. The molecule has 1 heterocycles. The van der Waals surface area contributed by atoms with Crippen molar-refractivity contribution >= 4 is 39.3 Å². The van der Waals surface area contributed by atoms with E-state index in [4.69, 9.17) is 16.3 Å². The highest BCUT2D eigenvalue weighted by Crippen LogP contribution is 2.26. The molecule has 5 nitrogen and oxygen atoms in total. The summed E-state index contributed by atoms with van der Waals surface area (Å²) in [7, 11) is 0. The molecule has 1 aromatic heterocycles. The maximum atomic E-state index is 14.2. The van der Waals surface area contributed by atoms with E-state index in [1.165, 1.54) is 28.9 Å². The van der Waals surface area contributed by atoms with Crippen molar-refractivity contribution in [3.8, 4) is 5.69 Å². The molecular formula is C20H15BrClFN2O3. The second kappa shape index (κ2) is 8.67. The van der Waals surface area contributed by atoms with Crippen molar-refractivity contribution in [2.45, 2.75) is 12.3 Å². The van der Waals surface area contributed by atoms with Crippen LogP contribution >= 0.6 is 27.5 Å². The number of nitrogens with zero attached hydrogens (tertiary/aromatic N) is 2. The molecule has 0 saturated carbocycles. The van der Waals surface area contributed by atoms with E-state index >= 15 is 0 Å². The molecular weight excluding hydrogens is 451 g/mol. The van der Waals surface area contributed by atoms with Crippen molar-refractivity contribution in [1.29, 1.82) is 0 Å². The highest BCUT2D eigenvalue weighted by atomic mass is 79.9. The van der Waals surface area contributed by atoms with Crippen LogP contribution in [0.15, 0.2) is 48.5 Å². The monoisotopic (exact) mass is 464 g/mol. The van der Waals surface area contributed by atoms with Crippen LogP contribution in [0, 0.1) is 5.82 Å². The summed E-state index contributed by atoms with van der Waals surface area (Å²) in [6, 6.07) is 11.9. The van der Waals surface area contributed by atoms with Gasteiger partial charge in [-0.1, -0.05) is 39.7 Å². The van der Waals surface area contributed by atoms with Gasteiger partial charge in [-0.2, -0.15) is 5.10 Å². The fraction of sp³-hybridized carbons (Fsp3) is 0.150. The van der Waals surface area contributed by atoms with Gasteiger partial charge >= 0.3 is 5.97 Å². The summed E-state index contributed by atoms with van der Waals surface area (Å²) >= 11 is 9.44. The highest BCUT2D eigenvalue weighted by molar-refractivity contribution is 9.08. The van der Waals surface area contributed by atoms with E-state index < -0.39 is 17.6 Å². The van der Waals surface area contributed by atoms with Gasteiger partial charge in [0.2, 0.25) is 0 Å². The normalized spacial score (nSPS) is 10.7. The summed E-state index contributed by atoms with van der Waals surface area (Å²) in [4.78, 5) is 25.1. The van der Waals surface area contributed by atoms with E-state index in [1.807, 2.05) is 0 Å². The lowest BCUT2D eigenvalue weighted by Gasteiger charge is -2.12. The Hall–Kier alpha value is -2.51. The van der Waals surface area contributed by atoms with E-state index in [0.29, 0.717) is 21.7 Å². The predicted molar refractivity (Wildman–Crippen MR) is 107 cm³/mol. The maximum Gasteiger partial charge on any atom is 0.358 e. The molecule has 8 heteroatoms. The number of aromatic nitrogens is 2. The third-order valence-corrected chi connectivity index (χ3v) is 4.76. The Labute approximate surface area is 174 Å². The molecule has 2 aromatic carbocycles. The van der Waals surface area contributed by atoms with Gasteiger partial charge in [-0.25, -0.2) is 13.9 Å². The number of hydrogen-bond donors (Lipinski definition) is 0. The zero-order valence-corrected chi connectivity index (χ0v) is 17.1. The Morgan fingerprint density at radius 1 is 1.18 bits per heavy atom. The smallest absolute Gasteiger partial charge is 0.358 e. The average Bonchev–Trinajstić information content (AvgIpc) is 3.12. The minimum absolute atomic E-state index is 0.0795. The molecule has 0 N–H and O–H groups in total. The lowest BCUT2D eigenvalue weighted by molar-refractivity contribution is 0.0519. The zero-order valence-electron chi connectivity index (χ0n) is 14.8. The Morgan fingerprint density at radius 3 is 2.61 bits per heavy atom. The average molecular weight is 466 g/mol. The first kappa shape index (κ1) is 20.2. The van der Waals surface area contributed by atoms with Crippen molar-refractivity contribution in [3.05, 3.63) is 81.9 Å². The maximum absolute atomic E-state index is 14.2. The zero-order chi connectivity index (χ0) is 20.3. The summed E-state index contributed by atoms with van der Waals surface area (Å²) in [5.41, 5.74) is 1.19. The third-order valence-electron chi connectivity index (χ3n) is 3.95. The first-order valence-electron chi connectivity index (χ1n) is 8.37. The van der Waals surface area contributed by atoms with Gasteiger partial charge in [0, 0.05) is 15.9 Å². The Balaban J connectivity index is 2.15. The number of rotatable bonds is 6. The van der Waals surface area contributed by atoms with Crippen LogP contribution in [-0.2, 0) is 10.1 Å². The summed E-state index contributed by atoms with van der Waals surface area (Å²) in [6.07, 6.45) is 0. The van der Waals surface area contributed by atoms with Gasteiger partial charge in [0.25, 0.3) is 0 Å². The predicted octanol–water partition coefficient (Wildman–Crippen LogP) is 4.97. The molecule has 0 aliphatic rings. The van der Waals surface area contributed by atoms with Gasteiger partial charge in [-0.05, 0) is 43.3 Å². The number of alkyl halides is 1. The number of benzene rings is 2. The quantitative estimate of drug-likeness (QED) is 0.293. The molecule has 0 fully saturated rings. The van der Waals surface area contributed by atoms with Crippen LogP contribution in [-0.4, -0.2) is 28.1 Å². The lowest BCUT2D eigenvalue weighted by Crippen LogP contribution is -2.12. The first-order valence-corrected chi connectivity index (χ1v) is 9.87. The molecule has 3 rings (SSSR count). The number of ketones is 1. The minimum atomic E-state index is -0.633. The number of carbonyl (C=O) groups excluding carboxylic acids is 2. The van der Waals surface area contributed by atoms with Crippen LogP contribution in [0.4, 0.5) is 4.39 Å². The van der Waals surface area contributed by atoms with E-state index in [0.717, 1.165) is 0 Å². The molecule has 0 unspecified atom stereocenters. The summed E-state index contributed by atoms with van der Waals surface area (Å²) in [5, 5.41) is 4.97. The molecule has 0 aliphatic heterocycles. The number of hydrogen-bond acceptors (Lipinski definition) is 4. The van der Waals surface area contributed by atoms with E-state index in [1.54, 1.807) is 31.2 Å². The van der Waals surface area contributed by atoms with Crippen molar-refractivity contribution in [2.24, 2.45) is 0 Å². The topological polar surface area (TPSA) is 61.2 Å².